The van der Waals surface area contributed by atoms with Gasteiger partial charge in [0.15, 0.2) is 0 Å². The number of aryl methyl sites for hydroxylation is 1. The lowest BCUT2D eigenvalue weighted by Gasteiger charge is -2.07. The molecule has 0 saturated heterocycles. The van der Waals surface area contributed by atoms with Crippen molar-refractivity contribution in [1.29, 1.82) is 0 Å². The predicted octanol–water partition coefficient (Wildman–Crippen LogP) is 3.31. The predicted molar refractivity (Wildman–Crippen MR) is 80.3 cm³/mol. The molecule has 0 aliphatic heterocycles. The van der Waals surface area contributed by atoms with Crippen LogP contribution in [0.1, 0.15) is 11.5 Å². The average Bonchev–Trinajstić information content (AvgIpc) is 2.81. The summed E-state index contributed by atoms with van der Waals surface area (Å²) in [5.41, 5.74) is 2.73. The first-order valence-corrected chi connectivity index (χ1v) is 7.15. The van der Waals surface area contributed by atoms with Gasteiger partial charge in [-0.3, -0.25) is 0 Å². The van der Waals surface area contributed by atoms with Crippen LogP contribution in [0.15, 0.2) is 36.8 Å². The quantitative estimate of drug-likeness (QED) is 0.695. The van der Waals surface area contributed by atoms with Gasteiger partial charge in [0.2, 0.25) is 0 Å². The van der Waals surface area contributed by atoms with Crippen molar-refractivity contribution in [2.24, 2.45) is 0 Å². The lowest BCUT2D eigenvalue weighted by molar-refractivity contribution is 0.735. The van der Waals surface area contributed by atoms with E-state index in [2.05, 4.69) is 19.5 Å². The van der Waals surface area contributed by atoms with E-state index in [-0.39, 0.29) is 0 Å². The number of hydrogen-bond donors (Lipinski definition) is 0. The Kier molecular flexibility index (Phi) is 3.85. The molecule has 3 rings (SSSR count). The van der Waals surface area contributed by atoms with E-state index in [4.69, 9.17) is 23.2 Å². The van der Waals surface area contributed by atoms with E-state index < -0.39 is 0 Å². The molecule has 2 heterocycles. The van der Waals surface area contributed by atoms with Crippen LogP contribution < -0.4 is 0 Å². The molecule has 4 nitrogen and oxygen atoms in total. The van der Waals surface area contributed by atoms with Crippen LogP contribution in [0.3, 0.4) is 0 Å². The molecule has 1 aromatic carbocycles. The third kappa shape index (κ3) is 2.49. The van der Waals surface area contributed by atoms with Crippen molar-refractivity contribution in [1.82, 2.24) is 19.5 Å². The fourth-order valence-electron chi connectivity index (χ4n) is 2.19. The molecule has 0 atom stereocenters. The standard InChI is InChI=1S/C14H12Cl2N4/c15-6-4-13-19-14-11(16)2-1-3-12(14)20(13)8-10-5-7-17-9-18-10/h1-3,5,7,9H,4,6,8H2. The smallest absolute Gasteiger partial charge is 0.115 e. The van der Waals surface area contributed by atoms with E-state index in [1.165, 1.54) is 0 Å². The van der Waals surface area contributed by atoms with Crippen LogP contribution >= 0.6 is 23.2 Å². The van der Waals surface area contributed by atoms with Gasteiger partial charge in [-0.2, -0.15) is 0 Å². The molecule has 0 fully saturated rings. The summed E-state index contributed by atoms with van der Waals surface area (Å²) >= 11 is 12.1. The molecule has 0 bridgehead atoms. The Hall–Kier alpha value is -1.65. The van der Waals surface area contributed by atoms with Gasteiger partial charge in [-0.05, 0) is 18.2 Å². The maximum atomic E-state index is 6.21. The Labute approximate surface area is 126 Å². The molecule has 6 heteroatoms. The summed E-state index contributed by atoms with van der Waals surface area (Å²) in [7, 11) is 0. The normalized spacial score (nSPS) is 11.1. The van der Waals surface area contributed by atoms with Crippen LogP contribution in [0, 0.1) is 0 Å². The number of aromatic nitrogens is 4. The molecule has 102 valence electrons. The number of rotatable bonds is 4. The van der Waals surface area contributed by atoms with Crippen molar-refractivity contribution in [2.75, 3.05) is 5.88 Å². The zero-order chi connectivity index (χ0) is 13.9. The average molecular weight is 307 g/mol. The Morgan fingerprint density at radius 2 is 2.10 bits per heavy atom. The minimum absolute atomic E-state index is 0.519. The second-order valence-corrected chi connectivity index (χ2v) is 5.15. The van der Waals surface area contributed by atoms with Crippen molar-refractivity contribution >= 4 is 34.2 Å². The van der Waals surface area contributed by atoms with E-state index in [1.807, 2.05) is 24.3 Å². The largest absolute Gasteiger partial charge is 0.322 e. The Bertz CT molecular complexity index is 725. The molecule has 0 unspecified atom stereocenters. The summed E-state index contributed by atoms with van der Waals surface area (Å²) in [5, 5.41) is 0.653. The van der Waals surface area contributed by atoms with Crippen LogP contribution in [0.25, 0.3) is 11.0 Å². The molecule has 0 amide bonds. The fraction of sp³-hybridized carbons (Fsp3) is 0.214. The van der Waals surface area contributed by atoms with Crippen LogP contribution in [-0.2, 0) is 13.0 Å². The molecule has 0 N–H and O–H groups in total. The van der Waals surface area contributed by atoms with E-state index in [0.29, 0.717) is 23.9 Å². The van der Waals surface area contributed by atoms with Crippen molar-refractivity contribution in [3.05, 3.63) is 53.3 Å². The molecule has 2 aromatic heterocycles. The van der Waals surface area contributed by atoms with Gasteiger partial charge in [-0.25, -0.2) is 15.0 Å². The van der Waals surface area contributed by atoms with Crippen molar-refractivity contribution in [3.63, 3.8) is 0 Å². The van der Waals surface area contributed by atoms with E-state index >= 15 is 0 Å². The number of imidazole rings is 1. The Morgan fingerprint density at radius 3 is 2.85 bits per heavy atom. The van der Waals surface area contributed by atoms with Gasteiger partial charge in [0.25, 0.3) is 0 Å². The van der Waals surface area contributed by atoms with Crippen LogP contribution in [-0.4, -0.2) is 25.4 Å². The molecule has 0 aliphatic rings. The van der Waals surface area contributed by atoms with Gasteiger partial charge in [0.1, 0.15) is 17.7 Å². The molecule has 0 spiro atoms. The fourth-order valence-corrected chi connectivity index (χ4v) is 2.57. The number of nitrogens with zero attached hydrogens (tertiary/aromatic N) is 4. The van der Waals surface area contributed by atoms with Crippen molar-refractivity contribution in [2.45, 2.75) is 13.0 Å². The summed E-state index contributed by atoms with van der Waals surface area (Å²) in [6.07, 6.45) is 3.97. The zero-order valence-corrected chi connectivity index (χ0v) is 12.1. The van der Waals surface area contributed by atoms with E-state index in [1.54, 1.807) is 12.5 Å². The monoisotopic (exact) mass is 306 g/mol. The highest BCUT2D eigenvalue weighted by atomic mass is 35.5. The van der Waals surface area contributed by atoms with Gasteiger partial charge in [-0.1, -0.05) is 17.7 Å². The lowest BCUT2D eigenvalue weighted by atomic mass is 10.3. The number of hydrogen-bond acceptors (Lipinski definition) is 3. The maximum absolute atomic E-state index is 6.21. The molecular weight excluding hydrogens is 295 g/mol. The van der Waals surface area contributed by atoms with Crippen molar-refractivity contribution < 1.29 is 0 Å². The summed E-state index contributed by atoms with van der Waals surface area (Å²) in [6.45, 7) is 0.631. The van der Waals surface area contributed by atoms with Gasteiger partial charge in [0, 0.05) is 18.5 Å². The van der Waals surface area contributed by atoms with Crippen molar-refractivity contribution in [3.8, 4) is 0 Å². The van der Waals surface area contributed by atoms with Crippen LogP contribution in [0.2, 0.25) is 5.02 Å². The van der Waals surface area contributed by atoms with E-state index in [9.17, 15) is 0 Å². The third-order valence-electron chi connectivity index (χ3n) is 3.09. The third-order valence-corrected chi connectivity index (χ3v) is 3.58. The highest BCUT2D eigenvalue weighted by Gasteiger charge is 2.13. The zero-order valence-electron chi connectivity index (χ0n) is 10.6. The molecule has 0 radical (unpaired) electrons. The second kappa shape index (κ2) is 5.77. The SMILES string of the molecule is ClCCc1nc2c(Cl)cccc2n1Cc1ccncn1. The van der Waals surface area contributed by atoms with Gasteiger partial charge >= 0.3 is 0 Å². The summed E-state index contributed by atoms with van der Waals surface area (Å²) in [4.78, 5) is 12.8. The molecule has 0 saturated carbocycles. The minimum Gasteiger partial charge on any atom is -0.322 e. The van der Waals surface area contributed by atoms with Gasteiger partial charge in [-0.15, -0.1) is 11.6 Å². The summed E-state index contributed by atoms with van der Waals surface area (Å²) in [6, 6.07) is 7.66. The molecular formula is C14H12Cl2N4. The highest BCUT2D eigenvalue weighted by molar-refractivity contribution is 6.34. The van der Waals surface area contributed by atoms with Crippen LogP contribution in [0.5, 0.6) is 0 Å². The maximum Gasteiger partial charge on any atom is 0.115 e. The lowest BCUT2D eigenvalue weighted by Crippen LogP contribution is -2.07. The Balaban J connectivity index is 2.12. The molecule has 0 aliphatic carbocycles. The number of halogens is 2. The number of benzene rings is 1. The topological polar surface area (TPSA) is 43.6 Å². The first kappa shape index (κ1) is 13.3. The minimum atomic E-state index is 0.519. The number of alkyl halides is 1. The first-order chi connectivity index (χ1) is 9.79. The number of para-hydroxylation sites is 1. The molecule has 20 heavy (non-hydrogen) atoms. The Morgan fingerprint density at radius 1 is 1.20 bits per heavy atom. The van der Waals surface area contributed by atoms with Crippen LogP contribution in [0.4, 0.5) is 0 Å². The van der Waals surface area contributed by atoms with Gasteiger partial charge in [0.05, 0.1) is 22.8 Å². The number of fused-ring (bicyclic) bond motifs is 1. The van der Waals surface area contributed by atoms with E-state index in [0.717, 1.165) is 22.6 Å². The first-order valence-electron chi connectivity index (χ1n) is 6.24. The summed E-state index contributed by atoms with van der Waals surface area (Å²) < 4.78 is 2.10. The second-order valence-electron chi connectivity index (χ2n) is 4.36. The summed E-state index contributed by atoms with van der Waals surface area (Å²) in [5.74, 6) is 1.44. The highest BCUT2D eigenvalue weighted by Crippen LogP contribution is 2.24. The van der Waals surface area contributed by atoms with Gasteiger partial charge < -0.3 is 4.57 Å². The molecule has 3 aromatic rings.